The van der Waals surface area contributed by atoms with Gasteiger partial charge in [-0.25, -0.2) is 0 Å². The van der Waals surface area contributed by atoms with Gasteiger partial charge in [0.25, 0.3) is 5.91 Å². The van der Waals surface area contributed by atoms with Crippen LogP contribution in [0.1, 0.15) is 31.3 Å². The number of aromatic nitrogens is 2. The standard InChI is InChI=1S/C18H21N5OS/c1-4-16-21-22-18(25-16)20-17(24)14(12-19)11-13-7-9-15(10-8-13)23(5-2)6-3/h7-11H,4-6H2,1-3H3,(H,20,22,24). The molecule has 7 heteroatoms. The van der Waals surface area contributed by atoms with Crippen molar-refractivity contribution in [3.8, 4) is 6.07 Å². The third-order valence-corrected chi connectivity index (χ3v) is 4.67. The highest BCUT2D eigenvalue weighted by Crippen LogP contribution is 2.19. The van der Waals surface area contributed by atoms with Crippen molar-refractivity contribution >= 4 is 34.1 Å². The van der Waals surface area contributed by atoms with Crippen LogP contribution in [-0.4, -0.2) is 29.2 Å². The highest BCUT2D eigenvalue weighted by atomic mass is 32.1. The molecule has 0 fully saturated rings. The Labute approximate surface area is 151 Å². The third-order valence-electron chi connectivity index (χ3n) is 3.69. The summed E-state index contributed by atoms with van der Waals surface area (Å²) in [6.07, 6.45) is 2.33. The molecule has 0 unspecified atom stereocenters. The van der Waals surface area contributed by atoms with Crippen molar-refractivity contribution in [3.05, 3.63) is 40.4 Å². The van der Waals surface area contributed by atoms with Crippen LogP contribution in [0, 0.1) is 11.3 Å². The van der Waals surface area contributed by atoms with E-state index in [1.807, 2.05) is 37.3 Å². The molecular weight excluding hydrogens is 334 g/mol. The monoisotopic (exact) mass is 355 g/mol. The summed E-state index contributed by atoms with van der Waals surface area (Å²) in [5.74, 6) is -0.478. The molecule has 1 amide bonds. The lowest BCUT2D eigenvalue weighted by atomic mass is 10.1. The Morgan fingerprint density at radius 3 is 2.44 bits per heavy atom. The van der Waals surface area contributed by atoms with Crippen LogP contribution >= 0.6 is 11.3 Å². The topological polar surface area (TPSA) is 81.9 Å². The number of anilines is 2. The van der Waals surface area contributed by atoms with Crippen LogP contribution in [0.5, 0.6) is 0 Å². The van der Waals surface area contributed by atoms with Crippen LogP contribution in [0.3, 0.4) is 0 Å². The van der Waals surface area contributed by atoms with Crippen LogP contribution in [0.4, 0.5) is 10.8 Å². The van der Waals surface area contributed by atoms with Crippen LogP contribution < -0.4 is 10.2 Å². The smallest absolute Gasteiger partial charge is 0.268 e. The van der Waals surface area contributed by atoms with E-state index in [1.165, 1.54) is 11.3 Å². The number of amides is 1. The molecule has 0 saturated carbocycles. The summed E-state index contributed by atoms with van der Waals surface area (Å²) in [6, 6.07) is 9.73. The van der Waals surface area contributed by atoms with Crippen molar-refractivity contribution in [3.63, 3.8) is 0 Å². The second-order valence-corrected chi connectivity index (χ2v) is 6.30. The molecule has 0 atom stereocenters. The summed E-state index contributed by atoms with van der Waals surface area (Å²) in [5.41, 5.74) is 1.95. The first-order valence-electron chi connectivity index (χ1n) is 8.21. The van der Waals surface area contributed by atoms with E-state index in [1.54, 1.807) is 6.08 Å². The normalized spacial score (nSPS) is 11.0. The molecule has 2 rings (SSSR count). The quantitative estimate of drug-likeness (QED) is 0.607. The van der Waals surface area contributed by atoms with Crippen LogP contribution in [0.2, 0.25) is 0 Å². The van der Waals surface area contributed by atoms with Crippen molar-refractivity contribution in [2.75, 3.05) is 23.3 Å². The van der Waals surface area contributed by atoms with Gasteiger partial charge in [0.05, 0.1) is 0 Å². The third kappa shape index (κ3) is 4.88. The van der Waals surface area contributed by atoms with E-state index in [0.29, 0.717) is 5.13 Å². The molecule has 1 N–H and O–H groups in total. The molecule has 25 heavy (non-hydrogen) atoms. The molecule has 0 bridgehead atoms. The zero-order valence-electron chi connectivity index (χ0n) is 14.6. The molecule has 0 saturated heterocycles. The van der Waals surface area contributed by atoms with Gasteiger partial charge < -0.3 is 4.90 Å². The van der Waals surface area contributed by atoms with Crippen molar-refractivity contribution in [1.82, 2.24) is 10.2 Å². The number of benzene rings is 1. The summed E-state index contributed by atoms with van der Waals surface area (Å²) in [5, 5.41) is 21.0. The zero-order chi connectivity index (χ0) is 18.2. The summed E-state index contributed by atoms with van der Waals surface area (Å²) < 4.78 is 0. The second-order valence-electron chi connectivity index (χ2n) is 5.24. The Morgan fingerprint density at radius 1 is 1.24 bits per heavy atom. The minimum absolute atomic E-state index is 0.0313. The number of nitrogens with one attached hydrogen (secondary N) is 1. The van der Waals surface area contributed by atoms with Gasteiger partial charge in [-0.2, -0.15) is 5.26 Å². The van der Waals surface area contributed by atoms with E-state index in [-0.39, 0.29) is 5.57 Å². The molecular formula is C18H21N5OS. The molecule has 1 heterocycles. The first kappa shape index (κ1) is 18.6. The molecule has 0 radical (unpaired) electrons. The first-order chi connectivity index (χ1) is 12.1. The van der Waals surface area contributed by atoms with Gasteiger partial charge in [-0.3, -0.25) is 10.1 Å². The molecule has 0 aliphatic heterocycles. The van der Waals surface area contributed by atoms with Crippen molar-refractivity contribution < 1.29 is 4.79 Å². The number of hydrogen-bond donors (Lipinski definition) is 1. The number of rotatable bonds is 7. The van der Waals surface area contributed by atoms with E-state index < -0.39 is 5.91 Å². The van der Waals surface area contributed by atoms with Gasteiger partial charge in [0.2, 0.25) is 5.13 Å². The van der Waals surface area contributed by atoms with Gasteiger partial charge in [0.15, 0.2) is 0 Å². The fourth-order valence-corrected chi connectivity index (χ4v) is 2.97. The summed E-state index contributed by atoms with van der Waals surface area (Å²) >= 11 is 1.31. The summed E-state index contributed by atoms with van der Waals surface area (Å²) in [6.45, 7) is 8.03. The predicted octanol–water partition coefficient (Wildman–Crippen LogP) is 3.49. The number of carbonyl (C=O) groups is 1. The Morgan fingerprint density at radius 2 is 1.92 bits per heavy atom. The average molecular weight is 355 g/mol. The van der Waals surface area contributed by atoms with Gasteiger partial charge in [0.1, 0.15) is 16.6 Å². The van der Waals surface area contributed by atoms with Gasteiger partial charge in [-0.05, 0) is 44.0 Å². The number of carbonyl (C=O) groups excluding carboxylic acids is 1. The zero-order valence-corrected chi connectivity index (χ0v) is 15.4. The highest BCUT2D eigenvalue weighted by Gasteiger charge is 2.12. The van der Waals surface area contributed by atoms with E-state index in [0.717, 1.165) is 35.8 Å². The Bertz CT molecular complexity index is 785. The van der Waals surface area contributed by atoms with Gasteiger partial charge in [0, 0.05) is 18.8 Å². The Hall–Kier alpha value is -2.72. The molecule has 0 spiro atoms. The minimum Gasteiger partial charge on any atom is -0.372 e. The van der Waals surface area contributed by atoms with E-state index in [9.17, 15) is 10.1 Å². The SMILES string of the molecule is CCc1nnc(NC(=O)C(C#N)=Cc2ccc(N(CC)CC)cc2)s1. The molecule has 1 aromatic carbocycles. The summed E-state index contributed by atoms with van der Waals surface area (Å²) in [7, 11) is 0. The fourth-order valence-electron chi connectivity index (χ4n) is 2.30. The molecule has 6 nitrogen and oxygen atoms in total. The van der Waals surface area contributed by atoms with Gasteiger partial charge in [-0.15, -0.1) is 10.2 Å². The van der Waals surface area contributed by atoms with Crippen molar-refractivity contribution in [2.24, 2.45) is 0 Å². The Balaban J connectivity index is 2.13. The first-order valence-corrected chi connectivity index (χ1v) is 9.03. The average Bonchev–Trinajstić information content (AvgIpc) is 3.09. The van der Waals surface area contributed by atoms with Crippen LogP contribution in [0.25, 0.3) is 6.08 Å². The maximum Gasteiger partial charge on any atom is 0.268 e. The molecule has 2 aromatic rings. The number of nitriles is 1. The van der Waals surface area contributed by atoms with Crippen LogP contribution in [-0.2, 0) is 11.2 Å². The lowest BCUT2D eigenvalue weighted by Gasteiger charge is -2.20. The largest absolute Gasteiger partial charge is 0.372 e. The van der Waals surface area contributed by atoms with Crippen molar-refractivity contribution in [1.29, 1.82) is 5.26 Å². The number of hydrogen-bond acceptors (Lipinski definition) is 6. The van der Waals surface area contributed by atoms with Crippen LogP contribution in [0.15, 0.2) is 29.8 Å². The van der Waals surface area contributed by atoms with E-state index in [4.69, 9.17) is 0 Å². The van der Waals surface area contributed by atoms with Gasteiger partial charge in [-0.1, -0.05) is 30.4 Å². The predicted molar refractivity (Wildman–Crippen MR) is 102 cm³/mol. The molecule has 0 aliphatic carbocycles. The lowest BCUT2D eigenvalue weighted by Crippen LogP contribution is -2.21. The maximum atomic E-state index is 12.2. The number of nitrogens with zero attached hydrogens (tertiary/aromatic N) is 4. The lowest BCUT2D eigenvalue weighted by molar-refractivity contribution is -0.112. The Kier molecular flexibility index (Phi) is 6.66. The number of aryl methyl sites for hydroxylation is 1. The molecule has 0 aliphatic rings. The van der Waals surface area contributed by atoms with Gasteiger partial charge >= 0.3 is 0 Å². The van der Waals surface area contributed by atoms with Crippen molar-refractivity contribution in [2.45, 2.75) is 27.2 Å². The summed E-state index contributed by atoms with van der Waals surface area (Å²) in [4.78, 5) is 14.5. The van der Waals surface area contributed by atoms with E-state index >= 15 is 0 Å². The molecule has 1 aromatic heterocycles. The highest BCUT2D eigenvalue weighted by molar-refractivity contribution is 7.15. The maximum absolute atomic E-state index is 12.2. The van der Waals surface area contributed by atoms with E-state index in [2.05, 4.69) is 34.3 Å². The molecule has 130 valence electrons. The second kappa shape index (κ2) is 8.94. The minimum atomic E-state index is -0.478. The fraction of sp³-hybridized carbons (Fsp3) is 0.333.